The molecule has 0 aromatic carbocycles. The summed E-state index contributed by atoms with van der Waals surface area (Å²) >= 11 is 0. The molecule has 1 aliphatic carbocycles. The molecule has 4 heteroatoms. The van der Waals surface area contributed by atoms with Crippen molar-refractivity contribution in [2.75, 3.05) is 6.54 Å². The Morgan fingerprint density at radius 3 is 2.00 bits per heavy atom. The van der Waals surface area contributed by atoms with E-state index < -0.39 is 0 Å². The number of hydrogen-bond acceptors (Lipinski definition) is 2. The molecule has 1 rings (SSSR count). The minimum atomic E-state index is -0.363. The van der Waals surface area contributed by atoms with Crippen LogP contribution in [-0.2, 0) is 4.79 Å². The summed E-state index contributed by atoms with van der Waals surface area (Å²) in [5.41, 5.74) is 10.5. The summed E-state index contributed by atoms with van der Waals surface area (Å²) < 4.78 is 0. The molecule has 0 unspecified atom stereocenters. The normalized spacial score (nSPS) is 21.1. The van der Waals surface area contributed by atoms with Crippen LogP contribution in [0.2, 0.25) is 0 Å². The Labute approximate surface area is 79.3 Å². The van der Waals surface area contributed by atoms with Crippen LogP contribution in [0.15, 0.2) is 0 Å². The van der Waals surface area contributed by atoms with Crippen molar-refractivity contribution >= 4 is 18.3 Å². The first-order chi connectivity index (χ1) is 5.21. The van der Waals surface area contributed by atoms with Crippen molar-refractivity contribution < 1.29 is 4.79 Å². The molecule has 0 spiro atoms. The molecule has 0 atom stereocenters. The van der Waals surface area contributed by atoms with Crippen LogP contribution in [-0.4, -0.2) is 12.5 Å². The van der Waals surface area contributed by atoms with Crippen LogP contribution in [0.5, 0.6) is 0 Å². The Kier molecular flexibility index (Phi) is 4.57. The smallest absolute Gasteiger partial charge is 0.224 e. The third-order valence-corrected chi connectivity index (χ3v) is 2.72. The first-order valence-corrected chi connectivity index (χ1v) is 4.21. The van der Waals surface area contributed by atoms with Crippen LogP contribution < -0.4 is 11.5 Å². The first-order valence-electron chi connectivity index (χ1n) is 4.21. The van der Waals surface area contributed by atoms with Gasteiger partial charge in [0.2, 0.25) is 5.91 Å². The van der Waals surface area contributed by atoms with Crippen LogP contribution in [0.25, 0.3) is 0 Å². The Morgan fingerprint density at radius 1 is 1.25 bits per heavy atom. The lowest BCUT2D eigenvalue weighted by Gasteiger charge is -2.32. The molecule has 0 aliphatic heterocycles. The molecule has 72 valence electrons. The third-order valence-electron chi connectivity index (χ3n) is 2.72. The van der Waals surface area contributed by atoms with Gasteiger partial charge in [-0.25, -0.2) is 0 Å². The molecule has 4 N–H and O–H groups in total. The summed E-state index contributed by atoms with van der Waals surface area (Å²) in [7, 11) is 0. The lowest BCUT2D eigenvalue weighted by molar-refractivity contribution is -0.128. The van der Waals surface area contributed by atoms with Crippen molar-refractivity contribution in [3.05, 3.63) is 0 Å². The number of nitrogens with two attached hydrogens (primary N) is 2. The molecule has 12 heavy (non-hydrogen) atoms. The molecule has 0 saturated heterocycles. The van der Waals surface area contributed by atoms with E-state index in [1.807, 2.05) is 0 Å². The van der Waals surface area contributed by atoms with Gasteiger partial charge in [0, 0.05) is 6.54 Å². The fourth-order valence-corrected chi connectivity index (χ4v) is 1.78. The molecular formula is C8H17ClN2O. The number of amides is 1. The Morgan fingerprint density at radius 2 is 1.75 bits per heavy atom. The van der Waals surface area contributed by atoms with Crippen molar-refractivity contribution in [3.8, 4) is 0 Å². The van der Waals surface area contributed by atoms with E-state index in [1.165, 1.54) is 6.42 Å². The molecule has 1 saturated carbocycles. The van der Waals surface area contributed by atoms with Crippen molar-refractivity contribution in [3.63, 3.8) is 0 Å². The minimum absolute atomic E-state index is 0. The molecule has 3 nitrogen and oxygen atoms in total. The van der Waals surface area contributed by atoms with E-state index in [-0.39, 0.29) is 23.7 Å². The van der Waals surface area contributed by atoms with Gasteiger partial charge in [-0.1, -0.05) is 19.3 Å². The zero-order valence-corrected chi connectivity index (χ0v) is 8.03. The first kappa shape index (κ1) is 11.7. The van der Waals surface area contributed by atoms with Gasteiger partial charge in [0.15, 0.2) is 0 Å². The minimum Gasteiger partial charge on any atom is -0.369 e. The molecular weight excluding hydrogens is 176 g/mol. The van der Waals surface area contributed by atoms with E-state index >= 15 is 0 Å². The summed E-state index contributed by atoms with van der Waals surface area (Å²) in [6.07, 6.45) is 5.19. The van der Waals surface area contributed by atoms with Crippen molar-refractivity contribution in [1.29, 1.82) is 0 Å². The second-order valence-corrected chi connectivity index (χ2v) is 3.41. The molecule has 1 aliphatic rings. The van der Waals surface area contributed by atoms with Gasteiger partial charge >= 0.3 is 0 Å². The highest BCUT2D eigenvalue weighted by molar-refractivity contribution is 5.85. The highest BCUT2D eigenvalue weighted by atomic mass is 35.5. The zero-order chi connectivity index (χ0) is 8.32. The number of carbonyl (C=O) groups is 1. The average molecular weight is 193 g/mol. The summed E-state index contributed by atoms with van der Waals surface area (Å²) in [6, 6.07) is 0. The maximum absolute atomic E-state index is 11.0. The fraction of sp³-hybridized carbons (Fsp3) is 0.875. The van der Waals surface area contributed by atoms with Crippen LogP contribution in [0.1, 0.15) is 32.1 Å². The maximum atomic E-state index is 11.0. The van der Waals surface area contributed by atoms with E-state index in [4.69, 9.17) is 11.5 Å². The van der Waals surface area contributed by atoms with Gasteiger partial charge in [0.1, 0.15) is 0 Å². The number of rotatable bonds is 2. The molecule has 0 radical (unpaired) electrons. The molecule has 0 bridgehead atoms. The van der Waals surface area contributed by atoms with Gasteiger partial charge in [-0.15, -0.1) is 12.4 Å². The quantitative estimate of drug-likeness (QED) is 0.680. The van der Waals surface area contributed by atoms with Crippen molar-refractivity contribution in [2.45, 2.75) is 32.1 Å². The Bertz CT molecular complexity index is 155. The number of hydrogen-bond donors (Lipinski definition) is 2. The summed E-state index contributed by atoms with van der Waals surface area (Å²) in [5.74, 6) is -0.209. The lowest BCUT2D eigenvalue weighted by Crippen LogP contribution is -2.44. The van der Waals surface area contributed by atoms with Crippen molar-refractivity contribution in [2.24, 2.45) is 16.9 Å². The topological polar surface area (TPSA) is 69.1 Å². The number of halogens is 1. The highest BCUT2D eigenvalue weighted by Gasteiger charge is 2.36. The van der Waals surface area contributed by atoms with Gasteiger partial charge in [0.05, 0.1) is 5.41 Å². The van der Waals surface area contributed by atoms with E-state index in [2.05, 4.69) is 0 Å². The average Bonchev–Trinajstić information content (AvgIpc) is 2.05. The molecule has 0 aromatic rings. The Hall–Kier alpha value is -0.280. The van der Waals surface area contributed by atoms with Gasteiger partial charge < -0.3 is 11.5 Å². The van der Waals surface area contributed by atoms with E-state index in [1.54, 1.807) is 0 Å². The van der Waals surface area contributed by atoms with Crippen molar-refractivity contribution in [1.82, 2.24) is 0 Å². The highest BCUT2D eigenvalue weighted by Crippen LogP contribution is 2.34. The van der Waals surface area contributed by atoms with E-state index in [9.17, 15) is 4.79 Å². The van der Waals surface area contributed by atoms with Crippen LogP contribution >= 0.6 is 12.4 Å². The van der Waals surface area contributed by atoms with Crippen LogP contribution in [0.3, 0.4) is 0 Å². The zero-order valence-electron chi connectivity index (χ0n) is 7.21. The monoisotopic (exact) mass is 192 g/mol. The molecule has 0 heterocycles. The number of primary amides is 1. The van der Waals surface area contributed by atoms with Crippen LogP contribution in [0, 0.1) is 5.41 Å². The van der Waals surface area contributed by atoms with Crippen LogP contribution in [0.4, 0.5) is 0 Å². The van der Waals surface area contributed by atoms with Gasteiger partial charge in [0.25, 0.3) is 0 Å². The molecule has 1 amide bonds. The van der Waals surface area contributed by atoms with Gasteiger partial charge in [-0.2, -0.15) is 0 Å². The summed E-state index contributed by atoms with van der Waals surface area (Å²) in [5, 5.41) is 0. The standard InChI is InChI=1S/C8H16N2O.ClH/c9-6-8(7(10)11)4-2-1-3-5-8;/h1-6,9H2,(H2,10,11);1H. The lowest BCUT2D eigenvalue weighted by atomic mass is 9.73. The molecule has 0 aromatic heterocycles. The predicted octanol–water partition coefficient (Wildman–Crippen LogP) is 0.803. The number of carbonyl (C=O) groups excluding carboxylic acids is 1. The fourth-order valence-electron chi connectivity index (χ4n) is 1.78. The summed E-state index contributed by atoms with van der Waals surface area (Å²) in [4.78, 5) is 11.0. The second kappa shape index (κ2) is 4.67. The molecule has 1 fully saturated rings. The van der Waals surface area contributed by atoms with Gasteiger partial charge in [-0.3, -0.25) is 4.79 Å². The second-order valence-electron chi connectivity index (χ2n) is 3.41. The SMILES string of the molecule is Cl.NCC1(C(N)=O)CCCCC1. The van der Waals surface area contributed by atoms with E-state index in [0.717, 1.165) is 25.7 Å². The van der Waals surface area contributed by atoms with E-state index in [0.29, 0.717) is 6.54 Å². The third kappa shape index (κ3) is 2.11. The Balaban J connectivity index is 0.00000121. The predicted molar refractivity (Wildman–Crippen MR) is 51.0 cm³/mol. The summed E-state index contributed by atoms with van der Waals surface area (Å²) in [6.45, 7) is 0.419. The van der Waals surface area contributed by atoms with Gasteiger partial charge in [-0.05, 0) is 12.8 Å². The largest absolute Gasteiger partial charge is 0.369 e. The maximum Gasteiger partial charge on any atom is 0.224 e.